The summed E-state index contributed by atoms with van der Waals surface area (Å²) in [6.45, 7) is 9.01. The van der Waals surface area contributed by atoms with Crippen LogP contribution in [0, 0.1) is 12.1 Å². The number of pyridine rings is 2. The van der Waals surface area contributed by atoms with Gasteiger partial charge in [-0.05, 0) is 39.2 Å². The second kappa shape index (κ2) is 15.4. The van der Waals surface area contributed by atoms with Crippen molar-refractivity contribution in [1.82, 2.24) is 9.97 Å². The molecule has 0 N–H and O–H groups in total. The van der Waals surface area contributed by atoms with E-state index in [4.69, 9.17) is 4.98 Å². The molecule has 0 aliphatic heterocycles. The first-order valence-corrected chi connectivity index (χ1v) is 24.6. The molecule has 3 aromatic heterocycles. The van der Waals surface area contributed by atoms with Gasteiger partial charge < -0.3 is 4.98 Å². The SMILES string of the molecule is CC(C)c1ccnc(-c2[c-]cc(-c3ccccc3)c3c2sc2c(C(C)C)cccc23)c1.[CH3][Ge]([CH3])([CH3])[c]1ccc(-c2[c-]cccc2)nc1.[Ir]. The van der Waals surface area contributed by atoms with Crippen molar-refractivity contribution in [2.45, 2.75) is 56.8 Å². The van der Waals surface area contributed by atoms with Crippen LogP contribution in [0.5, 0.6) is 0 Å². The number of fused-ring (bicyclic) bond motifs is 3. The number of rotatable bonds is 6. The number of thiophene rings is 1. The second-order valence-corrected chi connectivity index (χ2v) is 25.4. The smallest absolute Gasteiger partial charge is 0 e. The standard InChI is InChI=1S/C29H26NS.C14H16GeN.Ir/c1-18(2)21-15-16-30-26(17-21)24-14-13-23(20-9-6-5-7-10-20)27-25-12-8-11-22(19(3)4)28(25)31-29(24)27;1-15(2,3)13-9-10-14(16-11-13)12-7-5-4-6-8-12;/h5-13,15-19H,1-4H3;4-7,9-11H,1-3H3;/q2*-1;. The van der Waals surface area contributed by atoms with Gasteiger partial charge in [-0.15, -0.1) is 17.7 Å². The van der Waals surface area contributed by atoms with Crippen molar-refractivity contribution in [3.63, 3.8) is 0 Å². The van der Waals surface area contributed by atoms with E-state index in [0.717, 1.165) is 22.5 Å². The summed E-state index contributed by atoms with van der Waals surface area (Å²) in [6.07, 6.45) is 3.97. The third kappa shape index (κ3) is 7.74. The monoisotopic (exact) mass is 885 g/mol. The summed E-state index contributed by atoms with van der Waals surface area (Å²) < 4.78 is 4.10. The Morgan fingerprint density at radius 2 is 1.48 bits per heavy atom. The Bertz CT molecular complexity index is 2110. The van der Waals surface area contributed by atoms with Crippen molar-refractivity contribution in [2.75, 3.05) is 0 Å². The molecule has 0 bridgehead atoms. The van der Waals surface area contributed by atoms with Gasteiger partial charge in [-0.25, -0.2) is 0 Å². The molecule has 0 aliphatic rings. The zero-order valence-electron chi connectivity index (χ0n) is 28.8. The topological polar surface area (TPSA) is 25.8 Å². The molecule has 5 heteroatoms. The molecule has 0 amide bonds. The fourth-order valence-corrected chi connectivity index (χ4v) is 9.51. The Hall–Kier alpha value is -3.41. The molecule has 2 nitrogen and oxygen atoms in total. The van der Waals surface area contributed by atoms with Crippen LogP contribution in [-0.2, 0) is 20.1 Å². The molecule has 4 aromatic carbocycles. The van der Waals surface area contributed by atoms with E-state index in [9.17, 15) is 0 Å². The largest absolute Gasteiger partial charge is 0 e. The van der Waals surface area contributed by atoms with Crippen LogP contribution >= 0.6 is 11.3 Å². The van der Waals surface area contributed by atoms with Crippen LogP contribution in [0.4, 0.5) is 0 Å². The second-order valence-electron chi connectivity index (χ2n) is 13.7. The van der Waals surface area contributed by atoms with E-state index >= 15 is 0 Å². The van der Waals surface area contributed by atoms with E-state index in [0.29, 0.717) is 11.8 Å². The Morgan fingerprint density at radius 1 is 0.708 bits per heavy atom. The van der Waals surface area contributed by atoms with Crippen LogP contribution in [0.3, 0.4) is 0 Å². The van der Waals surface area contributed by atoms with Gasteiger partial charge in [-0.3, -0.25) is 0 Å². The quantitative estimate of drug-likeness (QED) is 0.123. The summed E-state index contributed by atoms with van der Waals surface area (Å²) in [6, 6.07) is 43.0. The Balaban J connectivity index is 0.000000224. The van der Waals surface area contributed by atoms with E-state index < -0.39 is 13.3 Å². The van der Waals surface area contributed by atoms with Crippen molar-refractivity contribution in [2.24, 2.45) is 0 Å². The fraction of sp³-hybridized carbons (Fsp3) is 0.209. The van der Waals surface area contributed by atoms with E-state index in [-0.39, 0.29) is 20.1 Å². The third-order valence-corrected chi connectivity index (χ3v) is 14.2. The minimum atomic E-state index is -1.72. The average molecular weight is 884 g/mol. The number of benzene rings is 4. The number of hydrogen-bond acceptors (Lipinski definition) is 3. The van der Waals surface area contributed by atoms with E-state index in [2.05, 4.69) is 141 Å². The predicted molar refractivity (Wildman–Crippen MR) is 207 cm³/mol. The predicted octanol–water partition coefficient (Wildman–Crippen LogP) is 11.9. The Kier molecular flexibility index (Phi) is 11.5. The van der Waals surface area contributed by atoms with Gasteiger partial charge in [-0.1, -0.05) is 104 Å². The van der Waals surface area contributed by atoms with Gasteiger partial charge in [0.2, 0.25) is 0 Å². The third-order valence-electron chi connectivity index (χ3n) is 8.63. The van der Waals surface area contributed by atoms with Gasteiger partial charge in [0.25, 0.3) is 0 Å². The number of hydrogen-bond donors (Lipinski definition) is 0. The van der Waals surface area contributed by atoms with Gasteiger partial charge in [0.05, 0.1) is 0 Å². The first-order valence-electron chi connectivity index (χ1n) is 16.5. The van der Waals surface area contributed by atoms with Crippen molar-refractivity contribution in [3.05, 3.63) is 139 Å². The van der Waals surface area contributed by atoms with Crippen molar-refractivity contribution in [3.8, 4) is 33.6 Å². The summed E-state index contributed by atoms with van der Waals surface area (Å²) >= 11 is 0.174. The molecule has 0 saturated carbocycles. The van der Waals surface area contributed by atoms with Gasteiger partial charge in [0.15, 0.2) is 0 Å². The summed E-state index contributed by atoms with van der Waals surface area (Å²) in [5, 5.41) is 2.65. The first kappa shape index (κ1) is 35.9. The van der Waals surface area contributed by atoms with Gasteiger partial charge in [-0.2, -0.15) is 11.3 Å². The minimum Gasteiger partial charge on any atom is 0 e. The van der Waals surface area contributed by atoms with Crippen LogP contribution in [-0.4, -0.2) is 23.2 Å². The van der Waals surface area contributed by atoms with Crippen LogP contribution in [0.2, 0.25) is 17.3 Å². The molecule has 0 spiro atoms. The number of aromatic nitrogens is 2. The van der Waals surface area contributed by atoms with Crippen LogP contribution in [0.15, 0.2) is 116 Å². The molecule has 7 rings (SSSR count). The van der Waals surface area contributed by atoms with Crippen LogP contribution < -0.4 is 4.40 Å². The van der Waals surface area contributed by atoms with Crippen molar-refractivity contribution >= 4 is 49.2 Å². The number of nitrogens with zero attached hydrogens (tertiary/aromatic N) is 2. The van der Waals surface area contributed by atoms with Gasteiger partial charge >= 0.3 is 99.8 Å². The molecule has 0 unspecified atom stereocenters. The summed E-state index contributed by atoms with van der Waals surface area (Å²) in [5.74, 6) is 8.09. The van der Waals surface area contributed by atoms with E-state index in [1.165, 1.54) is 46.8 Å². The zero-order chi connectivity index (χ0) is 33.1. The molecule has 0 aliphatic carbocycles. The van der Waals surface area contributed by atoms with Crippen LogP contribution in [0.1, 0.15) is 50.7 Å². The summed E-state index contributed by atoms with van der Waals surface area (Å²) in [4.78, 5) is 9.28. The molecule has 7 aromatic rings. The molecular weight excluding hydrogens is 841 g/mol. The first-order chi connectivity index (χ1) is 22.6. The normalized spacial score (nSPS) is 11.4. The molecule has 1 radical (unpaired) electrons. The summed E-state index contributed by atoms with van der Waals surface area (Å²) in [5.41, 5.74) is 9.38. The molecule has 0 fully saturated rings. The maximum atomic E-state index is 4.75. The molecule has 3 heterocycles. The molecule has 245 valence electrons. The molecule has 0 atom stereocenters. The van der Waals surface area contributed by atoms with E-state index in [1.54, 1.807) is 0 Å². The minimum absolute atomic E-state index is 0. The molecular formula is C43H42GeIrN2S-2. The maximum Gasteiger partial charge on any atom is 0 e. The Labute approximate surface area is 306 Å². The fourth-order valence-electron chi connectivity index (χ4n) is 5.85. The van der Waals surface area contributed by atoms with Crippen molar-refractivity contribution in [1.29, 1.82) is 0 Å². The Morgan fingerprint density at radius 3 is 2.12 bits per heavy atom. The molecule has 0 saturated heterocycles. The summed E-state index contributed by atoms with van der Waals surface area (Å²) in [7, 11) is 0. The average Bonchev–Trinajstić information content (AvgIpc) is 3.48. The molecule has 48 heavy (non-hydrogen) atoms. The van der Waals surface area contributed by atoms with Crippen LogP contribution in [0.25, 0.3) is 53.8 Å². The van der Waals surface area contributed by atoms with Gasteiger partial charge in [0, 0.05) is 31.0 Å². The van der Waals surface area contributed by atoms with Gasteiger partial charge in [0.1, 0.15) is 0 Å². The van der Waals surface area contributed by atoms with Crippen molar-refractivity contribution < 1.29 is 20.1 Å². The van der Waals surface area contributed by atoms with E-state index in [1.807, 2.05) is 48.0 Å². The zero-order valence-corrected chi connectivity index (χ0v) is 34.1. The maximum absolute atomic E-state index is 4.75.